The summed E-state index contributed by atoms with van der Waals surface area (Å²) in [4.78, 5) is 33.5. The van der Waals surface area contributed by atoms with Crippen LogP contribution in [-0.4, -0.2) is 59.4 Å². The Morgan fingerprint density at radius 3 is 2.76 bits per heavy atom. The maximum Gasteiger partial charge on any atom is 0.408 e. The SMILES string of the molecule is N=Nc1cc(C(=O)CN2c3nc(N4CC5CC4CO5)cc(=O)n3CCC2C(F)(F)F)ccc1S. The zero-order chi connectivity index (χ0) is 24.2. The Morgan fingerprint density at radius 2 is 2.12 bits per heavy atom. The molecule has 9 nitrogen and oxygen atoms in total. The number of ketones is 1. The first-order valence-electron chi connectivity index (χ1n) is 10.7. The van der Waals surface area contributed by atoms with Gasteiger partial charge in [0.1, 0.15) is 11.9 Å². The van der Waals surface area contributed by atoms with Crippen molar-refractivity contribution in [1.29, 1.82) is 5.53 Å². The zero-order valence-corrected chi connectivity index (χ0v) is 18.7. The molecule has 2 bridgehead atoms. The molecular weight excluding hydrogens is 473 g/mol. The van der Waals surface area contributed by atoms with Crippen LogP contribution < -0.4 is 15.4 Å². The normalized spacial score (nSPS) is 23.8. The number of fused-ring (bicyclic) bond motifs is 3. The van der Waals surface area contributed by atoms with Gasteiger partial charge < -0.3 is 14.5 Å². The maximum absolute atomic E-state index is 14.0. The molecule has 1 aromatic heterocycles. The lowest BCUT2D eigenvalue weighted by Gasteiger charge is -2.39. The van der Waals surface area contributed by atoms with Crippen LogP contribution in [0.3, 0.4) is 0 Å². The molecule has 3 aliphatic rings. The minimum atomic E-state index is -4.63. The molecule has 0 radical (unpaired) electrons. The number of alkyl halides is 3. The van der Waals surface area contributed by atoms with Gasteiger partial charge in [0.15, 0.2) is 5.78 Å². The predicted molar refractivity (Wildman–Crippen MR) is 119 cm³/mol. The summed E-state index contributed by atoms with van der Waals surface area (Å²) in [5, 5.41) is 3.29. The van der Waals surface area contributed by atoms with Crippen LogP contribution in [0.5, 0.6) is 0 Å². The summed E-state index contributed by atoms with van der Waals surface area (Å²) >= 11 is 4.15. The van der Waals surface area contributed by atoms with E-state index in [4.69, 9.17) is 10.3 Å². The number of morpholine rings is 1. The Balaban J connectivity index is 1.53. The number of Topliss-reactive ketones (excluding diaryl/α,β-unsaturated/α-hetero) is 1. The van der Waals surface area contributed by atoms with Crippen molar-refractivity contribution in [1.82, 2.24) is 9.55 Å². The summed E-state index contributed by atoms with van der Waals surface area (Å²) in [7, 11) is 0. The van der Waals surface area contributed by atoms with Crippen LogP contribution in [0, 0.1) is 5.53 Å². The van der Waals surface area contributed by atoms with Gasteiger partial charge in [0.25, 0.3) is 5.56 Å². The van der Waals surface area contributed by atoms with E-state index in [9.17, 15) is 22.8 Å². The largest absolute Gasteiger partial charge is 0.408 e. The van der Waals surface area contributed by atoms with Gasteiger partial charge in [0.2, 0.25) is 5.95 Å². The first kappa shape index (κ1) is 22.8. The van der Waals surface area contributed by atoms with E-state index in [1.807, 2.05) is 4.90 Å². The molecule has 13 heteroatoms. The second-order valence-corrected chi connectivity index (χ2v) is 9.10. The molecule has 0 spiro atoms. The molecule has 3 atom stereocenters. The molecule has 4 heterocycles. The molecular formula is C21H21F3N6O3S. The van der Waals surface area contributed by atoms with E-state index in [-0.39, 0.29) is 42.3 Å². The third-order valence-electron chi connectivity index (χ3n) is 6.54. The molecule has 0 saturated carbocycles. The van der Waals surface area contributed by atoms with E-state index in [0.29, 0.717) is 23.9 Å². The van der Waals surface area contributed by atoms with E-state index in [1.54, 1.807) is 0 Å². The Kier molecular flexibility index (Phi) is 5.63. The second-order valence-electron chi connectivity index (χ2n) is 8.61. The highest BCUT2D eigenvalue weighted by Gasteiger charge is 2.48. The van der Waals surface area contributed by atoms with Crippen molar-refractivity contribution in [3.05, 3.63) is 40.2 Å². The van der Waals surface area contributed by atoms with Gasteiger partial charge in [-0.1, -0.05) is 6.07 Å². The van der Waals surface area contributed by atoms with Crippen LogP contribution in [-0.2, 0) is 11.3 Å². The number of hydrogen-bond donors (Lipinski definition) is 2. The number of aromatic nitrogens is 2. The number of carbonyl (C=O) groups is 1. The quantitative estimate of drug-likeness (QED) is 0.376. The predicted octanol–water partition coefficient (Wildman–Crippen LogP) is 3.20. The molecule has 180 valence electrons. The van der Waals surface area contributed by atoms with Crippen LogP contribution in [0.1, 0.15) is 23.2 Å². The fraction of sp³-hybridized carbons (Fsp3) is 0.476. The van der Waals surface area contributed by atoms with E-state index in [2.05, 4.69) is 22.7 Å². The van der Waals surface area contributed by atoms with Gasteiger partial charge in [-0.3, -0.25) is 14.2 Å². The topological polar surface area (TPSA) is 104 Å². The molecule has 3 unspecified atom stereocenters. The number of carbonyl (C=O) groups excluding carboxylic acids is 1. The Hall–Kier alpha value is -2.93. The van der Waals surface area contributed by atoms with Crippen molar-refractivity contribution >= 4 is 35.9 Å². The van der Waals surface area contributed by atoms with Crippen LogP contribution in [0.25, 0.3) is 0 Å². The van der Waals surface area contributed by atoms with Crippen molar-refractivity contribution in [2.45, 2.75) is 48.6 Å². The van der Waals surface area contributed by atoms with Crippen LogP contribution in [0.4, 0.5) is 30.6 Å². The molecule has 3 aliphatic heterocycles. The Bertz CT molecular complexity index is 1220. The number of anilines is 2. The van der Waals surface area contributed by atoms with E-state index in [1.165, 1.54) is 28.8 Å². The highest BCUT2D eigenvalue weighted by atomic mass is 32.1. The monoisotopic (exact) mass is 494 g/mol. The van der Waals surface area contributed by atoms with Crippen molar-refractivity contribution in [3.8, 4) is 0 Å². The first-order chi connectivity index (χ1) is 16.2. The van der Waals surface area contributed by atoms with E-state index >= 15 is 0 Å². The van der Waals surface area contributed by atoms with Gasteiger partial charge in [0.05, 0.1) is 31.0 Å². The Morgan fingerprint density at radius 1 is 1.32 bits per heavy atom. The average Bonchev–Trinajstić information content (AvgIpc) is 3.42. The highest BCUT2D eigenvalue weighted by molar-refractivity contribution is 7.80. The summed E-state index contributed by atoms with van der Waals surface area (Å²) in [6.45, 7) is 0.195. The minimum absolute atomic E-state index is 0.0117. The molecule has 1 N–H and O–H groups in total. The Labute approximate surface area is 197 Å². The fourth-order valence-corrected chi connectivity index (χ4v) is 5.03. The average molecular weight is 494 g/mol. The van der Waals surface area contributed by atoms with E-state index < -0.39 is 30.1 Å². The number of nitrogens with one attached hydrogen (secondary N) is 1. The third kappa shape index (κ3) is 3.96. The lowest BCUT2D eigenvalue weighted by molar-refractivity contribution is -0.152. The summed E-state index contributed by atoms with van der Waals surface area (Å²) < 4.78 is 48.7. The lowest BCUT2D eigenvalue weighted by Crippen LogP contribution is -2.54. The second kappa shape index (κ2) is 8.38. The molecule has 2 aromatic rings. The standard InChI is InChI=1S/C21H21F3N6O3S/c22-21(23,24)17-3-4-28-19(32)7-18(29-8-13-6-12(29)10-33-13)26-20(28)30(17)9-15(31)11-1-2-16(34)14(5-11)27-25/h1-2,5,7,12-13,17,25,34H,3-4,6,8-10H2. The highest BCUT2D eigenvalue weighted by Crippen LogP contribution is 2.36. The van der Waals surface area contributed by atoms with Gasteiger partial charge in [-0.25, -0.2) is 5.53 Å². The zero-order valence-electron chi connectivity index (χ0n) is 17.8. The van der Waals surface area contributed by atoms with Gasteiger partial charge in [-0.2, -0.15) is 23.3 Å². The van der Waals surface area contributed by atoms with Crippen molar-refractivity contribution in [2.75, 3.05) is 29.5 Å². The minimum Gasteiger partial charge on any atom is -0.374 e. The van der Waals surface area contributed by atoms with Crippen LogP contribution in [0.2, 0.25) is 0 Å². The van der Waals surface area contributed by atoms with Gasteiger partial charge in [-0.05, 0) is 25.0 Å². The van der Waals surface area contributed by atoms with Gasteiger partial charge in [0, 0.05) is 29.6 Å². The number of benzene rings is 1. The lowest BCUT2D eigenvalue weighted by atomic mass is 10.1. The molecule has 2 saturated heterocycles. The van der Waals surface area contributed by atoms with Crippen LogP contribution in [0.15, 0.2) is 39.1 Å². The number of thiol groups is 1. The smallest absolute Gasteiger partial charge is 0.374 e. The number of hydrogen-bond acceptors (Lipinski definition) is 9. The molecule has 2 fully saturated rings. The number of halogens is 3. The van der Waals surface area contributed by atoms with Gasteiger partial charge in [-0.15, -0.1) is 12.6 Å². The molecule has 34 heavy (non-hydrogen) atoms. The molecule has 1 aromatic carbocycles. The van der Waals surface area contributed by atoms with Gasteiger partial charge >= 0.3 is 6.18 Å². The number of ether oxygens (including phenoxy) is 1. The van der Waals surface area contributed by atoms with Crippen LogP contribution >= 0.6 is 12.6 Å². The van der Waals surface area contributed by atoms with Crippen molar-refractivity contribution < 1.29 is 22.7 Å². The summed E-state index contributed by atoms with van der Waals surface area (Å²) in [6.07, 6.45) is -4.22. The summed E-state index contributed by atoms with van der Waals surface area (Å²) in [6, 6.07) is 3.57. The molecule has 0 amide bonds. The maximum atomic E-state index is 14.0. The molecule has 0 aliphatic carbocycles. The number of rotatable bonds is 5. The summed E-state index contributed by atoms with van der Waals surface area (Å²) in [5.74, 6) is -0.499. The van der Waals surface area contributed by atoms with Crippen molar-refractivity contribution in [2.24, 2.45) is 5.11 Å². The summed E-state index contributed by atoms with van der Waals surface area (Å²) in [5.41, 5.74) is 6.95. The fourth-order valence-electron chi connectivity index (χ4n) is 4.84. The first-order valence-corrected chi connectivity index (χ1v) is 11.2. The number of nitrogens with zero attached hydrogens (tertiary/aromatic N) is 5. The third-order valence-corrected chi connectivity index (χ3v) is 6.92. The van der Waals surface area contributed by atoms with E-state index in [0.717, 1.165) is 11.3 Å². The molecule has 5 rings (SSSR count). The van der Waals surface area contributed by atoms with Crippen molar-refractivity contribution in [3.63, 3.8) is 0 Å².